The first-order chi connectivity index (χ1) is 9.02. The normalized spacial score (nSPS) is 11.8. The molecule has 0 atom stereocenters. The van der Waals surface area contributed by atoms with Crippen LogP contribution in [0.4, 0.5) is 13.2 Å². The van der Waals surface area contributed by atoms with Gasteiger partial charge in [-0.05, 0) is 18.9 Å². The van der Waals surface area contributed by atoms with E-state index in [2.05, 4.69) is 4.98 Å². The van der Waals surface area contributed by atoms with Gasteiger partial charge in [0.25, 0.3) is 0 Å². The highest BCUT2D eigenvalue weighted by molar-refractivity contribution is 7.13. The van der Waals surface area contributed by atoms with Crippen molar-refractivity contribution in [2.45, 2.75) is 19.0 Å². The van der Waals surface area contributed by atoms with E-state index in [4.69, 9.17) is 5.11 Å². The van der Waals surface area contributed by atoms with Crippen molar-refractivity contribution in [1.82, 2.24) is 4.98 Å². The Hall–Kier alpha value is -1.40. The van der Waals surface area contributed by atoms with Gasteiger partial charge in [-0.3, -0.25) is 0 Å². The largest absolute Gasteiger partial charge is 0.417 e. The van der Waals surface area contributed by atoms with E-state index in [1.165, 1.54) is 23.5 Å². The molecule has 0 aliphatic carbocycles. The molecule has 0 aliphatic rings. The smallest absolute Gasteiger partial charge is 0.396 e. The average Bonchev–Trinajstić information content (AvgIpc) is 2.84. The Bertz CT molecular complexity index is 551. The molecule has 0 fully saturated rings. The van der Waals surface area contributed by atoms with E-state index < -0.39 is 11.7 Å². The molecule has 0 amide bonds. The molecule has 0 radical (unpaired) electrons. The van der Waals surface area contributed by atoms with Gasteiger partial charge in [0.2, 0.25) is 0 Å². The van der Waals surface area contributed by atoms with Gasteiger partial charge in [0, 0.05) is 17.6 Å². The number of aromatic nitrogens is 1. The van der Waals surface area contributed by atoms with Crippen molar-refractivity contribution in [3.05, 3.63) is 40.9 Å². The van der Waals surface area contributed by atoms with Crippen LogP contribution < -0.4 is 0 Å². The van der Waals surface area contributed by atoms with Crippen molar-refractivity contribution >= 4 is 11.3 Å². The van der Waals surface area contributed by atoms with E-state index in [1.807, 2.05) is 0 Å². The number of thiazole rings is 1. The number of hydrogen-bond donors (Lipinski definition) is 1. The maximum absolute atomic E-state index is 12.9. The summed E-state index contributed by atoms with van der Waals surface area (Å²) in [6, 6.07) is 5.42. The van der Waals surface area contributed by atoms with E-state index in [-0.39, 0.29) is 12.2 Å². The molecule has 0 spiro atoms. The average molecular weight is 287 g/mol. The van der Waals surface area contributed by atoms with Gasteiger partial charge in [-0.25, -0.2) is 4.98 Å². The van der Waals surface area contributed by atoms with Gasteiger partial charge in [-0.15, -0.1) is 11.3 Å². The zero-order chi connectivity index (χ0) is 13.9. The lowest BCUT2D eigenvalue weighted by molar-refractivity contribution is -0.137. The minimum atomic E-state index is -4.38. The quantitative estimate of drug-likeness (QED) is 0.929. The number of rotatable bonds is 4. The van der Waals surface area contributed by atoms with Gasteiger partial charge in [0.05, 0.1) is 11.3 Å². The van der Waals surface area contributed by atoms with Crippen LogP contribution in [-0.2, 0) is 12.6 Å². The standard InChI is InChI=1S/C13H12F3NOS/c14-13(15,16)11-6-2-1-5-10(11)12-17-9(8-19-12)4-3-7-18/h1-2,5-6,8,18H,3-4,7H2. The lowest BCUT2D eigenvalue weighted by Crippen LogP contribution is -2.06. The van der Waals surface area contributed by atoms with E-state index in [9.17, 15) is 13.2 Å². The summed E-state index contributed by atoms with van der Waals surface area (Å²) in [5.41, 5.74) is 0.152. The Morgan fingerprint density at radius 2 is 1.95 bits per heavy atom. The molecule has 0 bridgehead atoms. The second kappa shape index (κ2) is 5.71. The van der Waals surface area contributed by atoms with Gasteiger partial charge >= 0.3 is 6.18 Å². The maximum atomic E-state index is 12.9. The molecular weight excluding hydrogens is 275 g/mol. The summed E-state index contributed by atoms with van der Waals surface area (Å²) in [5.74, 6) is 0. The second-order valence-electron chi connectivity index (χ2n) is 4.01. The Morgan fingerprint density at radius 1 is 1.21 bits per heavy atom. The van der Waals surface area contributed by atoms with E-state index in [0.717, 1.165) is 6.07 Å². The van der Waals surface area contributed by atoms with Crippen LogP contribution in [-0.4, -0.2) is 16.7 Å². The number of nitrogens with zero attached hydrogens (tertiary/aromatic N) is 1. The van der Waals surface area contributed by atoms with Crippen LogP contribution in [0.5, 0.6) is 0 Å². The highest BCUT2D eigenvalue weighted by Gasteiger charge is 2.33. The third-order valence-electron chi connectivity index (χ3n) is 2.61. The number of hydrogen-bond acceptors (Lipinski definition) is 3. The summed E-state index contributed by atoms with van der Waals surface area (Å²) < 4.78 is 38.7. The van der Waals surface area contributed by atoms with Gasteiger partial charge < -0.3 is 5.11 Å². The highest BCUT2D eigenvalue weighted by Crippen LogP contribution is 2.37. The molecule has 1 heterocycles. The molecule has 6 heteroatoms. The minimum Gasteiger partial charge on any atom is -0.396 e. The number of aliphatic hydroxyl groups is 1. The molecule has 19 heavy (non-hydrogen) atoms. The first kappa shape index (κ1) is 14.0. The summed E-state index contributed by atoms with van der Waals surface area (Å²) in [5, 5.41) is 10.8. The minimum absolute atomic E-state index is 0.0476. The Balaban J connectivity index is 2.34. The predicted molar refractivity (Wildman–Crippen MR) is 68.0 cm³/mol. The predicted octanol–water partition coefficient (Wildman–Crippen LogP) is 3.75. The lowest BCUT2D eigenvalue weighted by Gasteiger charge is -2.10. The monoisotopic (exact) mass is 287 g/mol. The van der Waals surface area contributed by atoms with Crippen molar-refractivity contribution in [1.29, 1.82) is 0 Å². The molecule has 0 aliphatic heterocycles. The number of aryl methyl sites for hydroxylation is 1. The zero-order valence-electron chi connectivity index (χ0n) is 9.94. The van der Waals surface area contributed by atoms with Crippen LogP contribution in [0, 0.1) is 0 Å². The van der Waals surface area contributed by atoms with Crippen molar-refractivity contribution in [3.63, 3.8) is 0 Å². The Kier molecular flexibility index (Phi) is 4.21. The molecule has 1 aromatic carbocycles. The first-order valence-electron chi connectivity index (χ1n) is 5.74. The van der Waals surface area contributed by atoms with Crippen molar-refractivity contribution in [3.8, 4) is 10.6 Å². The molecule has 2 rings (SSSR count). The van der Waals surface area contributed by atoms with Crippen LogP contribution in [0.25, 0.3) is 10.6 Å². The van der Waals surface area contributed by atoms with E-state index in [1.54, 1.807) is 11.4 Å². The fourth-order valence-corrected chi connectivity index (χ4v) is 2.62. The first-order valence-corrected chi connectivity index (χ1v) is 6.62. The van der Waals surface area contributed by atoms with Crippen molar-refractivity contribution in [2.75, 3.05) is 6.61 Å². The summed E-state index contributed by atoms with van der Waals surface area (Å²) in [7, 11) is 0. The molecule has 102 valence electrons. The van der Waals surface area contributed by atoms with Crippen LogP contribution in [0.1, 0.15) is 17.7 Å². The molecule has 1 aromatic heterocycles. The fourth-order valence-electron chi connectivity index (χ4n) is 1.72. The Labute approximate surface area is 112 Å². The highest BCUT2D eigenvalue weighted by atomic mass is 32.1. The summed E-state index contributed by atoms with van der Waals surface area (Å²) >= 11 is 1.19. The fraction of sp³-hybridized carbons (Fsp3) is 0.308. The summed E-state index contributed by atoms with van der Waals surface area (Å²) in [6.45, 7) is 0.0476. The molecule has 0 saturated heterocycles. The van der Waals surface area contributed by atoms with Crippen LogP contribution in [0.2, 0.25) is 0 Å². The summed E-state index contributed by atoms with van der Waals surface area (Å²) in [4.78, 5) is 4.20. The van der Waals surface area contributed by atoms with E-state index in [0.29, 0.717) is 23.5 Å². The van der Waals surface area contributed by atoms with Gasteiger partial charge in [-0.2, -0.15) is 13.2 Å². The van der Waals surface area contributed by atoms with Crippen molar-refractivity contribution < 1.29 is 18.3 Å². The van der Waals surface area contributed by atoms with E-state index >= 15 is 0 Å². The number of halogens is 3. The molecule has 2 nitrogen and oxygen atoms in total. The molecule has 0 unspecified atom stereocenters. The Morgan fingerprint density at radius 3 is 2.63 bits per heavy atom. The molecular formula is C13H12F3NOS. The second-order valence-corrected chi connectivity index (χ2v) is 4.87. The van der Waals surface area contributed by atoms with Gasteiger partial charge in [-0.1, -0.05) is 18.2 Å². The van der Waals surface area contributed by atoms with Gasteiger partial charge in [0.1, 0.15) is 5.01 Å². The third-order valence-corrected chi connectivity index (χ3v) is 3.53. The molecule has 2 aromatic rings. The van der Waals surface area contributed by atoms with Crippen molar-refractivity contribution in [2.24, 2.45) is 0 Å². The van der Waals surface area contributed by atoms with Crippen LogP contribution in [0.15, 0.2) is 29.6 Å². The zero-order valence-corrected chi connectivity index (χ0v) is 10.8. The number of alkyl halides is 3. The maximum Gasteiger partial charge on any atom is 0.417 e. The topological polar surface area (TPSA) is 33.1 Å². The van der Waals surface area contributed by atoms with Gasteiger partial charge in [0.15, 0.2) is 0 Å². The third kappa shape index (κ3) is 3.33. The molecule has 1 N–H and O–H groups in total. The number of aliphatic hydroxyl groups excluding tert-OH is 1. The SMILES string of the molecule is OCCCc1csc(-c2ccccc2C(F)(F)F)n1. The van der Waals surface area contributed by atoms with Crippen LogP contribution >= 0.6 is 11.3 Å². The summed E-state index contributed by atoms with van der Waals surface area (Å²) in [6.07, 6.45) is -3.25. The lowest BCUT2D eigenvalue weighted by atomic mass is 10.1. The van der Waals surface area contributed by atoms with Crippen LogP contribution in [0.3, 0.4) is 0 Å². The number of benzene rings is 1. The molecule has 0 saturated carbocycles.